The van der Waals surface area contributed by atoms with E-state index >= 15 is 0 Å². The van der Waals surface area contributed by atoms with Crippen molar-refractivity contribution in [2.45, 2.75) is 38.0 Å². The summed E-state index contributed by atoms with van der Waals surface area (Å²) in [7, 11) is 0. The Morgan fingerprint density at radius 2 is 1.92 bits per heavy atom. The van der Waals surface area contributed by atoms with E-state index in [0.29, 0.717) is 11.5 Å². The number of pyridine rings is 1. The first kappa shape index (κ1) is 15.3. The van der Waals surface area contributed by atoms with Crippen LogP contribution in [-0.2, 0) is 0 Å². The fourth-order valence-electron chi connectivity index (χ4n) is 3.92. The molecular formula is C20H20N6. The minimum atomic E-state index is 0.590. The molecule has 1 aliphatic heterocycles. The van der Waals surface area contributed by atoms with Gasteiger partial charge in [-0.2, -0.15) is 10.4 Å². The van der Waals surface area contributed by atoms with Crippen LogP contribution in [-0.4, -0.2) is 32.7 Å². The Morgan fingerprint density at radius 1 is 1.08 bits per heavy atom. The van der Waals surface area contributed by atoms with Gasteiger partial charge in [-0.1, -0.05) is 0 Å². The molecule has 6 nitrogen and oxygen atoms in total. The standard InChI is InChI=1S/C20H20N6/c21-12-14-6-7-22-17(10-14)18-11-16(15-4-5-15)19-20(23-13-24-26(18)19)25-8-2-1-3-9-25/h6-7,10-11,13,15H,1-5,8-9H2. The highest BCUT2D eigenvalue weighted by Gasteiger charge is 2.31. The van der Waals surface area contributed by atoms with E-state index in [9.17, 15) is 5.26 Å². The molecule has 130 valence electrons. The van der Waals surface area contributed by atoms with Gasteiger partial charge < -0.3 is 4.90 Å². The monoisotopic (exact) mass is 344 g/mol. The molecule has 0 amide bonds. The Balaban J connectivity index is 1.72. The van der Waals surface area contributed by atoms with Gasteiger partial charge in [0.1, 0.15) is 11.8 Å². The third-order valence-electron chi connectivity index (χ3n) is 5.39. The molecule has 1 saturated heterocycles. The summed E-state index contributed by atoms with van der Waals surface area (Å²) in [6.45, 7) is 2.11. The molecule has 0 atom stereocenters. The summed E-state index contributed by atoms with van der Waals surface area (Å²) < 4.78 is 1.98. The first-order valence-electron chi connectivity index (χ1n) is 9.33. The van der Waals surface area contributed by atoms with Crippen LogP contribution >= 0.6 is 0 Å². The highest BCUT2D eigenvalue weighted by molar-refractivity contribution is 5.80. The van der Waals surface area contributed by atoms with E-state index in [-0.39, 0.29) is 0 Å². The van der Waals surface area contributed by atoms with Gasteiger partial charge in [0.25, 0.3) is 0 Å². The maximum atomic E-state index is 9.22. The average molecular weight is 344 g/mol. The maximum absolute atomic E-state index is 9.22. The molecular weight excluding hydrogens is 324 g/mol. The maximum Gasteiger partial charge on any atom is 0.156 e. The number of fused-ring (bicyclic) bond motifs is 1. The van der Waals surface area contributed by atoms with Crippen molar-refractivity contribution < 1.29 is 0 Å². The summed E-state index contributed by atoms with van der Waals surface area (Å²) in [6.07, 6.45) is 9.51. The Hall–Kier alpha value is -2.94. The highest BCUT2D eigenvalue weighted by atomic mass is 15.3. The molecule has 1 aliphatic carbocycles. The number of rotatable bonds is 3. The largest absolute Gasteiger partial charge is 0.355 e. The highest BCUT2D eigenvalue weighted by Crippen LogP contribution is 2.46. The SMILES string of the molecule is N#Cc1ccnc(-c2cc(C3CC3)c3c(N4CCCCC4)ncnn23)c1. The second-order valence-electron chi connectivity index (χ2n) is 7.19. The summed E-state index contributed by atoms with van der Waals surface area (Å²) in [5.41, 5.74) is 4.79. The number of hydrogen-bond donors (Lipinski definition) is 0. The van der Waals surface area contributed by atoms with Crippen LogP contribution in [0.5, 0.6) is 0 Å². The molecule has 3 aromatic rings. The van der Waals surface area contributed by atoms with Gasteiger partial charge in [0.2, 0.25) is 0 Å². The lowest BCUT2D eigenvalue weighted by Gasteiger charge is -2.28. The van der Waals surface area contributed by atoms with E-state index in [2.05, 4.69) is 32.1 Å². The molecule has 1 saturated carbocycles. The molecule has 0 bridgehead atoms. The van der Waals surface area contributed by atoms with Crippen LogP contribution < -0.4 is 4.90 Å². The van der Waals surface area contributed by atoms with Crippen LogP contribution in [0.15, 0.2) is 30.7 Å². The second kappa shape index (κ2) is 6.10. The van der Waals surface area contributed by atoms with E-state index in [0.717, 1.165) is 35.8 Å². The number of anilines is 1. The quantitative estimate of drug-likeness (QED) is 0.727. The Bertz CT molecular complexity index is 1000. The molecule has 0 radical (unpaired) electrons. The van der Waals surface area contributed by atoms with Gasteiger partial charge in [-0.25, -0.2) is 9.50 Å². The topological polar surface area (TPSA) is 70.1 Å². The molecule has 0 spiro atoms. The van der Waals surface area contributed by atoms with Crippen LogP contribution in [0.2, 0.25) is 0 Å². The molecule has 0 aromatic carbocycles. The van der Waals surface area contributed by atoms with E-state index in [1.54, 1.807) is 18.6 Å². The third kappa shape index (κ3) is 2.51. The molecule has 26 heavy (non-hydrogen) atoms. The predicted octanol–water partition coefficient (Wildman–Crippen LogP) is 3.53. The summed E-state index contributed by atoms with van der Waals surface area (Å²) in [5.74, 6) is 1.64. The first-order valence-corrected chi connectivity index (χ1v) is 9.33. The van der Waals surface area contributed by atoms with E-state index < -0.39 is 0 Å². The van der Waals surface area contributed by atoms with Crippen LogP contribution in [0, 0.1) is 11.3 Å². The van der Waals surface area contributed by atoms with Gasteiger partial charge in [0.05, 0.1) is 23.0 Å². The molecule has 6 heteroatoms. The van der Waals surface area contributed by atoms with Gasteiger partial charge in [0.15, 0.2) is 5.82 Å². The fraction of sp³-hybridized carbons (Fsp3) is 0.400. The zero-order chi connectivity index (χ0) is 17.5. The number of aromatic nitrogens is 4. The predicted molar refractivity (Wildman–Crippen MR) is 99.0 cm³/mol. The molecule has 3 aromatic heterocycles. The van der Waals surface area contributed by atoms with Crippen molar-refractivity contribution in [2.24, 2.45) is 0 Å². The summed E-state index contributed by atoms with van der Waals surface area (Å²) in [4.78, 5) is 11.6. The first-order chi connectivity index (χ1) is 12.8. The third-order valence-corrected chi connectivity index (χ3v) is 5.39. The van der Waals surface area contributed by atoms with E-state index in [4.69, 9.17) is 0 Å². The Kier molecular flexibility index (Phi) is 3.59. The van der Waals surface area contributed by atoms with Crippen LogP contribution in [0.25, 0.3) is 16.9 Å². The fourth-order valence-corrected chi connectivity index (χ4v) is 3.92. The van der Waals surface area contributed by atoms with Crippen molar-refractivity contribution in [3.05, 3.63) is 41.9 Å². The zero-order valence-corrected chi connectivity index (χ0v) is 14.6. The molecule has 0 N–H and O–H groups in total. The number of piperidine rings is 1. The Labute approximate surface area is 152 Å². The zero-order valence-electron chi connectivity index (χ0n) is 14.6. The van der Waals surface area contributed by atoms with Crippen molar-refractivity contribution in [2.75, 3.05) is 18.0 Å². The average Bonchev–Trinajstić information content (AvgIpc) is 3.48. The second-order valence-corrected chi connectivity index (χ2v) is 7.19. The summed E-state index contributed by atoms with van der Waals surface area (Å²) >= 11 is 0. The molecule has 2 aliphatic rings. The molecule has 5 rings (SSSR count). The molecule has 0 unspecified atom stereocenters. The molecule has 2 fully saturated rings. The lowest BCUT2D eigenvalue weighted by molar-refractivity contribution is 0.573. The number of hydrogen-bond acceptors (Lipinski definition) is 5. The van der Waals surface area contributed by atoms with Crippen LogP contribution in [0.1, 0.15) is 49.1 Å². The van der Waals surface area contributed by atoms with Gasteiger partial charge in [-0.3, -0.25) is 4.98 Å². The van der Waals surface area contributed by atoms with Crippen LogP contribution in [0.4, 0.5) is 5.82 Å². The van der Waals surface area contributed by atoms with Crippen molar-refractivity contribution in [1.82, 2.24) is 19.6 Å². The number of nitrogens with zero attached hydrogens (tertiary/aromatic N) is 6. The minimum absolute atomic E-state index is 0.590. The van der Waals surface area contributed by atoms with E-state index in [1.807, 2.05) is 10.6 Å². The van der Waals surface area contributed by atoms with Crippen molar-refractivity contribution in [1.29, 1.82) is 5.26 Å². The van der Waals surface area contributed by atoms with Crippen LogP contribution in [0.3, 0.4) is 0 Å². The number of nitriles is 1. The normalized spacial score (nSPS) is 17.4. The van der Waals surface area contributed by atoms with Gasteiger partial charge in [-0.05, 0) is 61.8 Å². The minimum Gasteiger partial charge on any atom is -0.355 e. The molecule has 4 heterocycles. The van der Waals surface area contributed by atoms with Crippen molar-refractivity contribution in [3.63, 3.8) is 0 Å². The smallest absolute Gasteiger partial charge is 0.156 e. The van der Waals surface area contributed by atoms with Gasteiger partial charge in [-0.15, -0.1) is 0 Å². The lowest BCUT2D eigenvalue weighted by Crippen LogP contribution is -2.30. The van der Waals surface area contributed by atoms with Crippen molar-refractivity contribution in [3.8, 4) is 17.5 Å². The van der Waals surface area contributed by atoms with Crippen molar-refractivity contribution >= 4 is 11.3 Å². The van der Waals surface area contributed by atoms with E-state index in [1.165, 1.54) is 37.7 Å². The summed E-state index contributed by atoms with van der Waals surface area (Å²) in [6, 6.07) is 7.97. The van der Waals surface area contributed by atoms with Gasteiger partial charge in [0, 0.05) is 19.3 Å². The van der Waals surface area contributed by atoms with Gasteiger partial charge >= 0.3 is 0 Å². The Morgan fingerprint density at radius 3 is 2.69 bits per heavy atom. The summed E-state index contributed by atoms with van der Waals surface area (Å²) in [5, 5.41) is 13.8. The lowest BCUT2D eigenvalue weighted by atomic mass is 10.1.